The molecule has 0 spiro atoms. The van der Waals surface area contributed by atoms with Crippen LogP contribution >= 0.6 is 0 Å². The van der Waals surface area contributed by atoms with Crippen molar-refractivity contribution in [3.63, 3.8) is 0 Å². The van der Waals surface area contributed by atoms with E-state index in [9.17, 15) is 9.18 Å². The highest BCUT2D eigenvalue weighted by Gasteiger charge is 2.09. The van der Waals surface area contributed by atoms with Crippen LogP contribution in [0.1, 0.15) is 28.9 Å². The van der Waals surface area contributed by atoms with E-state index in [-0.39, 0.29) is 11.9 Å². The van der Waals surface area contributed by atoms with Crippen molar-refractivity contribution in [3.8, 4) is 0 Å². The van der Waals surface area contributed by atoms with Gasteiger partial charge in [0.05, 0.1) is 24.9 Å². The normalized spacial score (nSPS) is 11.8. The standard InChI is InChI=1S/C15H15FN2O2/c1-10(12-6-13(16)9-17-8-12)18-14-5-3-4-11(7-14)15(19)20-2/h3-10,18H,1-2H3/t10-/m1/s1. The Bertz CT molecular complexity index is 616. The highest BCUT2D eigenvalue weighted by Crippen LogP contribution is 2.20. The second kappa shape index (κ2) is 6.14. The first-order chi connectivity index (χ1) is 9.60. The van der Waals surface area contributed by atoms with Gasteiger partial charge in [-0.3, -0.25) is 4.98 Å². The third-order valence-corrected chi connectivity index (χ3v) is 2.89. The number of hydrogen-bond donors (Lipinski definition) is 1. The number of methoxy groups -OCH3 is 1. The Hall–Kier alpha value is -2.43. The Labute approximate surface area is 116 Å². The zero-order valence-electron chi connectivity index (χ0n) is 11.3. The molecular weight excluding hydrogens is 259 g/mol. The van der Waals surface area contributed by atoms with Crippen molar-refractivity contribution < 1.29 is 13.9 Å². The molecule has 0 fully saturated rings. The molecule has 0 unspecified atom stereocenters. The van der Waals surface area contributed by atoms with Crippen LogP contribution < -0.4 is 5.32 Å². The number of nitrogens with zero attached hydrogens (tertiary/aromatic N) is 1. The summed E-state index contributed by atoms with van der Waals surface area (Å²) in [7, 11) is 1.34. The molecule has 1 N–H and O–H groups in total. The van der Waals surface area contributed by atoms with Crippen LogP contribution in [0.4, 0.5) is 10.1 Å². The molecule has 2 aromatic rings. The zero-order valence-corrected chi connectivity index (χ0v) is 11.3. The maximum absolute atomic E-state index is 13.1. The van der Waals surface area contributed by atoms with E-state index in [0.717, 1.165) is 17.4 Å². The number of carbonyl (C=O) groups is 1. The first kappa shape index (κ1) is 14.0. The summed E-state index contributed by atoms with van der Waals surface area (Å²) in [6.45, 7) is 1.89. The molecule has 104 valence electrons. The zero-order chi connectivity index (χ0) is 14.5. The number of aromatic nitrogens is 1. The quantitative estimate of drug-likeness (QED) is 0.870. The minimum absolute atomic E-state index is 0.133. The van der Waals surface area contributed by atoms with E-state index >= 15 is 0 Å². The smallest absolute Gasteiger partial charge is 0.337 e. The highest BCUT2D eigenvalue weighted by molar-refractivity contribution is 5.90. The van der Waals surface area contributed by atoms with Crippen LogP contribution in [0.2, 0.25) is 0 Å². The van der Waals surface area contributed by atoms with Crippen molar-refractivity contribution in [1.82, 2.24) is 4.98 Å². The van der Waals surface area contributed by atoms with Crippen molar-refractivity contribution in [1.29, 1.82) is 0 Å². The lowest BCUT2D eigenvalue weighted by atomic mass is 10.1. The molecule has 0 aliphatic heterocycles. The molecule has 0 bridgehead atoms. The molecule has 1 atom stereocenters. The summed E-state index contributed by atoms with van der Waals surface area (Å²) < 4.78 is 17.8. The van der Waals surface area contributed by atoms with E-state index in [2.05, 4.69) is 15.0 Å². The molecule has 0 aliphatic rings. The highest BCUT2D eigenvalue weighted by atomic mass is 19.1. The molecule has 0 radical (unpaired) electrons. The molecule has 4 nitrogen and oxygen atoms in total. The number of nitrogens with one attached hydrogen (secondary N) is 1. The second-order valence-corrected chi connectivity index (χ2v) is 4.37. The Morgan fingerprint density at radius 1 is 1.35 bits per heavy atom. The van der Waals surface area contributed by atoms with E-state index < -0.39 is 5.97 Å². The van der Waals surface area contributed by atoms with E-state index in [1.807, 2.05) is 13.0 Å². The molecule has 1 heterocycles. The van der Waals surface area contributed by atoms with Gasteiger partial charge in [0.25, 0.3) is 0 Å². The van der Waals surface area contributed by atoms with E-state index in [1.54, 1.807) is 24.4 Å². The summed E-state index contributed by atoms with van der Waals surface area (Å²) >= 11 is 0. The Kier molecular flexibility index (Phi) is 4.30. The Balaban J connectivity index is 2.15. The summed E-state index contributed by atoms with van der Waals surface area (Å²) in [6.07, 6.45) is 2.76. The van der Waals surface area contributed by atoms with E-state index in [4.69, 9.17) is 0 Å². The number of benzene rings is 1. The molecule has 0 amide bonds. The predicted molar refractivity (Wildman–Crippen MR) is 74.0 cm³/mol. The predicted octanol–water partition coefficient (Wildman–Crippen LogP) is 3.18. The molecule has 0 saturated heterocycles. The molecule has 0 saturated carbocycles. The number of ether oxygens (including phenoxy) is 1. The van der Waals surface area contributed by atoms with Crippen LogP contribution in [0.5, 0.6) is 0 Å². The van der Waals surface area contributed by atoms with Crippen molar-refractivity contribution in [2.45, 2.75) is 13.0 Å². The van der Waals surface area contributed by atoms with Crippen LogP contribution in [0, 0.1) is 5.82 Å². The summed E-state index contributed by atoms with van der Waals surface area (Å²) in [5.74, 6) is -0.770. The summed E-state index contributed by atoms with van der Waals surface area (Å²) in [6, 6.07) is 8.24. The topological polar surface area (TPSA) is 51.2 Å². The third kappa shape index (κ3) is 3.32. The molecule has 2 rings (SSSR count). The lowest BCUT2D eigenvalue weighted by Crippen LogP contribution is -2.08. The Morgan fingerprint density at radius 2 is 2.15 bits per heavy atom. The number of halogens is 1. The SMILES string of the molecule is COC(=O)c1cccc(N[C@H](C)c2cncc(F)c2)c1. The van der Waals surface area contributed by atoms with Crippen LogP contribution in [-0.4, -0.2) is 18.1 Å². The summed E-state index contributed by atoms with van der Waals surface area (Å²) in [5, 5.41) is 3.19. The molecule has 5 heteroatoms. The van der Waals surface area contributed by atoms with Crippen molar-refractivity contribution in [3.05, 3.63) is 59.7 Å². The number of pyridine rings is 1. The lowest BCUT2D eigenvalue weighted by molar-refractivity contribution is 0.0601. The van der Waals surface area contributed by atoms with Gasteiger partial charge in [-0.1, -0.05) is 6.07 Å². The number of anilines is 1. The van der Waals surface area contributed by atoms with E-state index in [0.29, 0.717) is 5.56 Å². The summed E-state index contributed by atoms with van der Waals surface area (Å²) in [5.41, 5.74) is 1.94. The van der Waals surface area contributed by atoms with Gasteiger partial charge in [-0.15, -0.1) is 0 Å². The van der Waals surface area contributed by atoms with E-state index in [1.165, 1.54) is 13.2 Å². The minimum Gasteiger partial charge on any atom is -0.465 e. The van der Waals surface area contributed by atoms with Crippen LogP contribution in [-0.2, 0) is 4.74 Å². The van der Waals surface area contributed by atoms with Gasteiger partial charge in [-0.05, 0) is 36.8 Å². The minimum atomic E-state index is -0.395. The first-order valence-corrected chi connectivity index (χ1v) is 6.15. The van der Waals surface area contributed by atoms with Crippen molar-refractivity contribution in [2.24, 2.45) is 0 Å². The largest absolute Gasteiger partial charge is 0.465 e. The maximum atomic E-state index is 13.1. The average molecular weight is 274 g/mol. The average Bonchev–Trinajstić information content (AvgIpc) is 2.46. The van der Waals surface area contributed by atoms with Gasteiger partial charge in [-0.25, -0.2) is 9.18 Å². The van der Waals surface area contributed by atoms with Gasteiger partial charge in [0.1, 0.15) is 5.82 Å². The van der Waals surface area contributed by atoms with Crippen LogP contribution in [0.25, 0.3) is 0 Å². The fourth-order valence-electron chi connectivity index (χ4n) is 1.85. The van der Waals surface area contributed by atoms with Crippen LogP contribution in [0.3, 0.4) is 0 Å². The van der Waals surface area contributed by atoms with Gasteiger partial charge in [0, 0.05) is 11.9 Å². The molecular formula is C15H15FN2O2. The number of esters is 1. The monoisotopic (exact) mass is 274 g/mol. The fourth-order valence-corrected chi connectivity index (χ4v) is 1.85. The Morgan fingerprint density at radius 3 is 2.85 bits per heavy atom. The third-order valence-electron chi connectivity index (χ3n) is 2.89. The molecule has 1 aromatic heterocycles. The maximum Gasteiger partial charge on any atom is 0.337 e. The van der Waals surface area contributed by atoms with Crippen molar-refractivity contribution >= 4 is 11.7 Å². The van der Waals surface area contributed by atoms with Crippen LogP contribution in [0.15, 0.2) is 42.7 Å². The fraction of sp³-hybridized carbons (Fsp3) is 0.200. The van der Waals surface area contributed by atoms with Gasteiger partial charge in [-0.2, -0.15) is 0 Å². The lowest BCUT2D eigenvalue weighted by Gasteiger charge is -2.15. The number of hydrogen-bond acceptors (Lipinski definition) is 4. The van der Waals surface area contributed by atoms with Crippen molar-refractivity contribution in [2.75, 3.05) is 12.4 Å². The molecule has 0 aliphatic carbocycles. The number of carbonyl (C=O) groups excluding carboxylic acids is 1. The summed E-state index contributed by atoms with van der Waals surface area (Å²) in [4.78, 5) is 15.3. The van der Waals surface area contributed by atoms with Gasteiger partial charge < -0.3 is 10.1 Å². The molecule has 1 aromatic carbocycles. The van der Waals surface area contributed by atoms with Gasteiger partial charge in [0.2, 0.25) is 0 Å². The van der Waals surface area contributed by atoms with Gasteiger partial charge >= 0.3 is 5.97 Å². The number of rotatable bonds is 4. The molecule has 20 heavy (non-hydrogen) atoms. The second-order valence-electron chi connectivity index (χ2n) is 4.37. The first-order valence-electron chi connectivity index (χ1n) is 6.15. The van der Waals surface area contributed by atoms with Gasteiger partial charge in [0.15, 0.2) is 0 Å².